The van der Waals surface area contributed by atoms with Gasteiger partial charge in [-0.3, -0.25) is 0 Å². The Balaban J connectivity index is 1.66. The summed E-state index contributed by atoms with van der Waals surface area (Å²) in [6.45, 7) is 8.66. The van der Waals surface area contributed by atoms with Crippen LogP contribution in [0.1, 0.15) is 61.4 Å². The summed E-state index contributed by atoms with van der Waals surface area (Å²) < 4.78 is 2.59. The van der Waals surface area contributed by atoms with Crippen LogP contribution < -0.4 is 8.92 Å². The van der Waals surface area contributed by atoms with Crippen molar-refractivity contribution in [2.24, 2.45) is 0 Å². The van der Waals surface area contributed by atoms with Gasteiger partial charge in [0.25, 0.3) is 0 Å². The summed E-state index contributed by atoms with van der Waals surface area (Å²) in [6, 6.07) is 24.0. The van der Waals surface area contributed by atoms with E-state index in [2.05, 4.69) is 81.4 Å². The van der Waals surface area contributed by atoms with Gasteiger partial charge in [0.1, 0.15) is 0 Å². The number of rotatable bonds is 6. The molecule has 2 nitrogen and oxygen atoms in total. The molecule has 0 bridgehead atoms. The van der Waals surface area contributed by atoms with Crippen molar-refractivity contribution in [1.29, 1.82) is 0 Å². The number of carbonyl (C=O) groups is 1. The standard InChI is InChI=1S/C30H30O2Se/c1-5-22(29(31)32)17-21-7-6-8-24(18-21)33-25-13-14-27-26(23-11-9-20(2)10-12-23)15-16-30(3,4)28(27)19-25/h6-15,17-19H,5,16H2,1-4H3,(H,31,32). The van der Waals surface area contributed by atoms with Crippen LogP contribution in [0.5, 0.6) is 0 Å². The van der Waals surface area contributed by atoms with E-state index in [-0.39, 0.29) is 20.4 Å². The number of allylic oxidation sites excluding steroid dienone is 1. The molecule has 0 atom stereocenters. The number of carboxylic acids is 1. The predicted molar refractivity (Wildman–Crippen MR) is 140 cm³/mol. The van der Waals surface area contributed by atoms with Gasteiger partial charge in [0, 0.05) is 0 Å². The Morgan fingerprint density at radius 3 is 2.45 bits per heavy atom. The van der Waals surface area contributed by atoms with Gasteiger partial charge in [-0.2, -0.15) is 0 Å². The van der Waals surface area contributed by atoms with E-state index >= 15 is 0 Å². The van der Waals surface area contributed by atoms with Gasteiger partial charge in [0.15, 0.2) is 0 Å². The molecule has 0 saturated heterocycles. The van der Waals surface area contributed by atoms with Crippen LogP contribution in [0, 0.1) is 6.92 Å². The monoisotopic (exact) mass is 502 g/mol. The predicted octanol–water partition coefficient (Wildman–Crippen LogP) is 5.64. The topological polar surface area (TPSA) is 37.3 Å². The summed E-state index contributed by atoms with van der Waals surface area (Å²) in [6.07, 6.45) is 5.72. The Labute approximate surface area is 203 Å². The van der Waals surface area contributed by atoms with Crippen LogP contribution in [-0.4, -0.2) is 26.0 Å². The van der Waals surface area contributed by atoms with E-state index in [4.69, 9.17) is 0 Å². The second kappa shape index (κ2) is 9.55. The van der Waals surface area contributed by atoms with Crippen molar-refractivity contribution in [2.45, 2.75) is 46.0 Å². The Hall–Kier alpha value is -2.87. The summed E-state index contributed by atoms with van der Waals surface area (Å²) in [5.74, 6) is -0.845. The summed E-state index contributed by atoms with van der Waals surface area (Å²) in [4.78, 5) is 11.4. The molecule has 3 aromatic rings. The van der Waals surface area contributed by atoms with Gasteiger partial charge < -0.3 is 0 Å². The summed E-state index contributed by atoms with van der Waals surface area (Å²) in [5.41, 5.74) is 8.12. The van der Waals surface area contributed by atoms with Crippen LogP contribution in [0.3, 0.4) is 0 Å². The third-order valence-electron chi connectivity index (χ3n) is 6.28. The number of carboxylic acid groups (broad SMARTS) is 1. The van der Waals surface area contributed by atoms with Crippen molar-refractivity contribution in [2.75, 3.05) is 0 Å². The number of hydrogen-bond donors (Lipinski definition) is 1. The Kier molecular flexibility index (Phi) is 6.74. The molecule has 0 fully saturated rings. The zero-order valence-corrected chi connectivity index (χ0v) is 21.4. The molecule has 0 heterocycles. The minimum absolute atomic E-state index is 0.0950. The molecule has 0 aromatic heterocycles. The Morgan fingerprint density at radius 2 is 1.76 bits per heavy atom. The van der Waals surface area contributed by atoms with E-state index in [1.807, 2.05) is 19.1 Å². The fourth-order valence-electron chi connectivity index (χ4n) is 4.29. The zero-order valence-electron chi connectivity index (χ0n) is 19.7. The first-order valence-electron chi connectivity index (χ1n) is 11.4. The third-order valence-corrected chi connectivity index (χ3v) is 8.33. The van der Waals surface area contributed by atoms with Gasteiger partial charge in [-0.25, -0.2) is 0 Å². The maximum absolute atomic E-state index is 11.4. The summed E-state index contributed by atoms with van der Waals surface area (Å²) in [5, 5.41) is 9.35. The van der Waals surface area contributed by atoms with Gasteiger partial charge in [0.2, 0.25) is 0 Å². The summed E-state index contributed by atoms with van der Waals surface area (Å²) in [7, 11) is 0. The molecule has 33 heavy (non-hydrogen) atoms. The average Bonchev–Trinajstić information content (AvgIpc) is 2.79. The molecule has 168 valence electrons. The van der Waals surface area contributed by atoms with Crippen LogP contribution in [0.4, 0.5) is 0 Å². The van der Waals surface area contributed by atoms with Crippen LogP contribution >= 0.6 is 0 Å². The molecule has 0 radical (unpaired) electrons. The van der Waals surface area contributed by atoms with E-state index < -0.39 is 5.97 Å². The molecule has 1 aliphatic rings. The Bertz CT molecular complexity index is 1250. The molecule has 0 spiro atoms. The third kappa shape index (κ3) is 5.21. The molecule has 1 aliphatic carbocycles. The van der Waals surface area contributed by atoms with Crippen molar-refractivity contribution in [3.05, 3.63) is 106 Å². The number of aliphatic carboxylic acids is 1. The average molecular weight is 502 g/mol. The number of benzene rings is 3. The Morgan fingerprint density at radius 1 is 1.03 bits per heavy atom. The summed E-state index contributed by atoms with van der Waals surface area (Å²) >= 11 is 0.149. The molecule has 1 N–H and O–H groups in total. The van der Waals surface area contributed by atoms with Crippen molar-refractivity contribution >= 4 is 41.5 Å². The van der Waals surface area contributed by atoms with E-state index in [0.29, 0.717) is 12.0 Å². The van der Waals surface area contributed by atoms with E-state index in [1.165, 1.54) is 36.8 Å². The van der Waals surface area contributed by atoms with E-state index in [1.54, 1.807) is 6.08 Å². The quantitative estimate of drug-likeness (QED) is 0.351. The molecule has 3 aromatic carbocycles. The van der Waals surface area contributed by atoms with Crippen molar-refractivity contribution in [1.82, 2.24) is 0 Å². The van der Waals surface area contributed by atoms with Gasteiger partial charge >= 0.3 is 204 Å². The fourth-order valence-corrected chi connectivity index (χ4v) is 6.23. The molecule has 4 rings (SSSR count). The van der Waals surface area contributed by atoms with Gasteiger partial charge in [-0.15, -0.1) is 0 Å². The van der Waals surface area contributed by atoms with Crippen LogP contribution in [0.2, 0.25) is 0 Å². The number of aryl methyl sites for hydroxylation is 1. The minimum atomic E-state index is -0.845. The second-order valence-electron chi connectivity index (χ2n) is 9.28. The van der Waals surface area contributed by atoms with Crippen molar-refractivity contribution in [3.63, 3.8) is 0 Å². The second-order valence-corrected chi connectivity index (χ2v) is 11.7. The first kappa shape index (κ1) is 23.3. The van der Waals surface area contributed by atoms with Crippen molar-refractivity contribution in [3.8, 4) is 0 Å². The van der Waals surface area contributed by atoms with Crippen LogP contribution in [-0.2, 0) is 10.2 Å². The first-order chi connectivity index (χ1) is 15.8. The first-order valence-corrected chi connectivity index (χ1v) is 13.1. The molecule has 0 saturated carbocycles. The molecule has 0 amide bonds. The van der Waals surface area contributed by atoms with Crippen LogP contribution in [0.15, 0.2) is 78.4 Å². The van der Waals surface area contributed by atoms with Gasteiger partial charge in [0.05, 0.1) is 0 Å². The molecule has 3 heteroatoms. The maximum atomic E-state index is 11.4. The fraction of sp³-hybridized carbons (Fsp3) is 0.233. The van der Waals surface area contributed by atoms with E-state index in [9.17, 15) is 9.90 Å². The van der Waals surface area contributed by atoms with Crippen molar-refractivity contribution < 1.29 is 9.90 Å². The normalized spacial score (nSPS) is 15.0. The van der Waals surface area contributed by atoms with Crippen LogP contribution in [0.25, 0.3) is 11.6 Å². The zero-order chi connectivity index (χ0) is 23.6. The number of hydrogen-bond acceptors (Lipinski definition) is 1. The van der Waals surface area contributed by atoms with Gasteiger partial charge in [-0.1, -0.05) is 0 Å². The SMILES string of the molecule is CCC(=Cc1cccc([Se]c2ccc3c(c2)C(C)(C)CC=C3c2ccc(C)cc2)c1)C(=O)O. The molecule has 0 aliphatic heterocycles. The number of fused-ring (bicyclic) bond motifs is 1. The van der Waals surface area contributed by atoms with Gasteiger partial charge in [-0.05, 0) is 0 Å². The molecular weight excluding hydrogens is 471 g/mol. The molecular formula is C30H30O2Se. The van der Waals surface area contributed by atoms with E-state index in [0.717, 1.165) is 12.0 Å². The molecule has 0 unspecified atom stereocenters.